The van der Waals surface area contributed by atoms with Gasteiger partial charge < -0.3 is 10.6 Å². The second-order valence-corrected chi connectivity index (χ2v) is 5.29. The molecular weight excluding hydrogens is 212 g/mol. The van der Waals surface area contributed by atoms with Crippen LogP contribution in [0.2, 0.25) is 0 Å². The van der Waals surface area contributed by atoms with Crippen molar-refractivity contribution in [2.45, 2.75) is 52.4 Å². The molecule has 0 saturated heterocycles. The molecule has 1 amide bonds. The topological polar surface area (TPSA) is 41.1 Å². The van der Waals surface area contributed by atoms with Crippen LogP contribution in [-0.2, 0) is 4.79 Å². The zero-order chi connectivity index (χ0) is 12.5. The molecule has 0 heterocycles. The molecule has 1 aliphatic rings. The molecule has 1 rings (SSSR count). The SMILES string of the molecule is CCNCC(C)C(=O)NCCC1CCCCC1. The van der Waals surface area contributed by atoms with Crippen molar-refractivity contribution in [3.63, 3.8) is 0 Å². The molecular formula is C14H28N2O. The van der Waals surface area contributed by atoms with Crippen LogP contribution in [0.25, 0.3) is 0 Å². The van der Waals surface area contributed by atoms with Crippen molar-refractivity contribution in [1.82, 2.24) is 10.6 Å². The smallest absolute Gasteiger partial charge is 0.224 e. The molecule has 1 aliphatic carbocycles. The highest BCUT2D eigenvalue weighted by atomic mass is 16.1. The summed E-state index contributed by atoms with van der Waals surface area (Å²) in [5, 5.41) is 6.27. The minimum absolute atomic E-state index is 0.0845. The lowest BCUT2D eigenvalue weighted by atomic mass is 9.87. The summed E-state index contributed by atoms with van der Waals surface area (Å²) in [4.78, 5) is 11.7. The third kappa shape index (κ3) is 6.06. The van der Waals surface area contributed by atoms with Crippen molar-refractivity contribution in [3.8, 4) is 0 Å². The van der Waals surface area contributed by atoms with Crippen LogP contribution >= 0.6 is 0 Å². The van der Waals surface area contributed by atoms with Crippen LogP contribution in [0.1, 0.15) is 52.4 Å². The second-order valence-electron chi connectivity index (χ2n) is 5.29. The van der Waals surface area contributed by atoms with Gasteiger partial charge in [-0.15, -0.1) is 0 Å². The Kier molecular flexibility index (Phi) is 7.25. The molecule has 0 bridgehead atoms. The van der Waals surface area contributed by atoms with E-state index in [1.807, 2.05) is 6.92 Å². The summed E-state index contributed by atoms with van der Waals surface area (Å²) in [6.45, 7) is 6.62. The first-order chi connectivity index (χ1) is 8.24. The predicted molar refractivity (Wildman–Crippen MR) is 71.9 cm³/mol. The molecule has 1 saturated carbocycles. The van der Waals surface area contributed by atoms with Crippen LogP contribution in [-0.4, -0.2) is 25.5 Å². The van der Waals surface area contributed by atoms with Gasteiger partial charge in [0.05, 0.1) is 0 Å². The molecule has 1 unspecified atom stereocenters. The molecule has 3 heteroatoms. The van der Waals surface area contributed by atoms with Gasteiger partial charge in [-0.2, -0.15) is 0 Å². The fourth-order valence-corrected chi connectivity index (χ4v) is 2.50. The summed E-state index contributed by atoms with van der Waals surface area (Å²) in [7, 11) is 0. The van der Waals surface area contributed by atoms with Gasteiger partial charge in [0.2, 0.25) is 5.91 Å². The fraction of sp³-hybridized carbons (Fsp3) is 0.929. The molecule has 0 radical (unpaired) electrons. The van der Waals surface area contributed by atoms with Gasteiger partial charge in [0.25, 0.3) is 0 Å². The van der Waals surface area contributed by atoms with E-state index in [-0.39, 0.29) is 11.8 Å². The van der Waals surface area contributed by atoms with Crippen LogP contribution in [0.5, 0.6) is 0 Å². The largest absolute Gasteiger partial charge is 0.356 e. The van der Waals surface area contributed by atoms with E-state index in [9.17, 15) is 4.79 Å². The van der Waals surface area contributed by atoms with Crippen LogP contribution in [0, 0.1) is 11.8 Å². The van der Waals surface area contributed by atoms with Crippen molar-refractivity contribution >= 4 is 5.91 Å². The Labute approximate surface area is 106 Å². The van der Waals surface area contributed by atoms with Gasteiger partial charge in [0.15, 0.2) is 0 Å². The summed E-state index contributed by atoms with van der Waals surface area (Å²) in [5.74, 6) is 1.14. The van der Waals surface area contributed by atoms with Gasteiger partial charge in [-0.1, -0.05) is 46.0 Å². The van der Waals surface area contributed by atoms with Crippen LogP contribution in [0.15, 0.2) is 0 Å². The molecule has 0 aromatic rings. The van der Waals surface area contributed by atoms with E-state index < -0.39 is 0 Å². The number of hydrogen-bond acceptors (Lipinski definition) is 2. The molecule has 0 spiro atoms. The Morgan fingerprint density at radius 1 is 1.29 bits per heavy atom. The maximum atomic E-state index is 11.7. The van der Waals surface area contributed by atoms with Crippen molar-refractivity contribution in [2.75, 3.05) is 19.6 Å². The zero-order valence-electron chi connectivity index (χ0n) is 11.4. The first-order valence-corrected chi connectivity index (χ1v) is 7.22. The number of nitrogens with one attached hydrogen (secondary N) is 2. The molecule has 17 heavy (non-hydrogen) atoms. The Bertz CT molecular complexity index is 212. The number of amides is 1. The standard InChI is InChI=1S/C14H28N2O/c1-3-15-11-12(2)14(17)16-10-9-13-7-5-4-6-8-13/h12-13,15H,3-11H2,1-2H3,(H,16,17). The maximum Gasteiger partial charge on any atom is 0.224 e. The molecule has 1 fully saturated rings. The number of carbonyl (C=O) groups excluding carboxylic acids is 1. The summed E-state index contributed by atoms with van der Waals surface area (Å²) in [6, 6.07) is 0. The van der Waals surface area contributed by atoms with Crippen molar-refractivity contribution < 1.29 is 4.79 Å². The first-order valence-electron chi connectivity index (χ1n) is 7.22. The highest BCUT2D eigenvalue weighted by molar-refractivity contribution is 5.78. The lowest BCUT2D eigenvalue weighted by molar-refractivity contribution is -0.124. The Hall–Kier alpha value is -0.570. The van der Waals surface area contributed by atoms with Gasteiger partial charge >= 0.3 is 0 Å². The monoisotopic (exact) mass is 240 g/mol. The van der Waals surface area contributed by atoms with Crippen LogP contribution < -0.4 is 10.6 Å². The number of hydrogen-bond donors (Lipinski definition) is 2. The average Bonchev–Trinajstić information content (AvgIpc) is 2.37. The van der Waals surface area contributed by atoms with E-state index >= 15 is 0 Å². The van der Waals surface area contributed by atoms with Crippen LogP contribution in [0.4, 0.5) is 0 Å². The molecule has 0 aliphatic heterocycles. The highest BCUT2D eigenvalue weighted by Gasteiger charge is 2.15. The lowest BCUT2D eigenvalue weighted by Gasteiger charge is -2.21. The van der Waals surface area contributed by atoms with Crippen molar-refractivity contribution in [1.29, 1.82) is 0 Å². The van der Waals surface area contributed by atoms with E-state index in [0.717, 1.165) is 25.6 Å². The predicted octanol–water partition coefficient (Wildman–Crippen LogP) is 2.32. The van der Waals surface area contributed by atoms with Gasteiger partial charge in [-0.05, 0) is 18.9 Å². The Balaban J connectivity index is 2.06. The van der Waals surface area contributed by atoms with E-state index in [1.165, 1.54) is 38.5 Å². The summed E-state index contributed by atoms with van der Waals surface area (Å²) >= 11 is 0. The van der Waals surface area contributed by atoms with E-state index in [4.69, 9.17) is 0 Å². The second kappa shape index (κ2) is 8.51. The van der Waals surface area contributed by atoms with Gasteiger partial charge in [-0.3, -0.25) is 4.79 Å². The maximum absolute atomic E-state index is 11.7. The molecule has 0 aromatic heterocycles. The summed E-state index contributed by atoms with van der Waals surface area (Å²) < 4.78 is 0. The van der Waals surface area contributed by atoms with E-state index in [0.29, 0.717) is 0 Å². The third-order valence-electron chi connectivity index (χ3n) is 3.72. The van der Waals surface area contributed by atoms with Gasteiger partial charge in [0, 0.05) is 19.0 Å². The van der Waals surface area contributed by atoms with E-state index in [2.05, 4.69) is 17.6 Å². The minimum Gasteiger partial charge on any atom is -0.356 e. The first kappa shape index (κ1) is 14.5. The normalized spacial score (nSPS) is 18.9. The summed E-state index contributed by atoms with van der Waals surface area (Å²) in [6.07, 6.45) is 8.07. The quantitative estimate of drug-likeness (QED) is 0.717. The summed E-state index contributed by atoms with van der Waals surface area (Å²) in [5.41, 5.74) is 0. The Morgan fingerprint density at radius 2 is 2.00 bits per heavy atom. The van der Waals surface area contributed by atoms with Crippen molar-refractivity contribution in [3.05, 3.63) is 0 Å². The molecule has 3 nitrogen and oxygen atoms in total. The average molecular weight is 240 g/mol. The minimum atomic E-state index is 0.0845. The molecule has 1 atom stereocenters. The Morgan fingerprint density at radius 3 is 2.65 bits per heavy atom. The zero-order valence-corrected chi connectivity index (χ0v) is 11.4. The van der Waals surface area contributed by atoms with E-state index in [1.54, 1.807) is 0 Å². The fourth-order valence-electron chi connectivity index (χ4n) is 2.50. The van der Waals surface area contributed by atoms with Crippen molar-refractivity contribution in [2.24, 2.45) is 11.8 Å². The lowest BCUT2D eigenvalue weighted by Crippen LogP contribution is -2.36. The molecule has 100 valence electrons. The third-order valence-corrected chi connectivity index (χ3v) is 3.72. The van der Waals surface area contributed by atoms with Gasteiger partial charge in [0.1, 0.15) is 0 Å². The van der Waals surface area contributed by atoms with Crippen LogP contribution in [0.3, 0.4) is 0 Å². The number of rotatable bonds is 7. The highest BCUT2D eigenvalue weighted by Crippen LogP contribution is 2.25. The number of carbonyl (C=O) groups is 1. The van der Waals surface area contributed by atoms with Gasteiger partial charge in [-0.25, -0.2) is 0 Å². The molecule has 2 N–H and O–H groups in total. The molecule has 0 aromatic carbocycles.